The number of nitrogens with zero attached hydrogens (tertiary/aromatic N) is 2. The average molecular weight is 180 g/mol. The number of nitrogens with two attached hydrogens (primary N) is 1. The summed E-state index contributed by atoms with van der Waals surface area (Å²) in [5, 5.41) is 2.65. The topological polar surface area (TPSA) is 80.9 Å². The van der Waals surface area contributed by atoms with Gasteiger partial charge in [0.1, 0.15) is 0 Å². The lowest BCUT2D eigenvalue weighted by Crippen LogP contribution is -2.18. The predicted molar refractivity (Wildman–Crippen MR) is 49.9 cm³/mol. The number of nitrogens with one attached hydrogen (secondary N) is 1. The molecule has 0 atom stereocenters. The zero-order chi connectivity index (χ0) is 9.84. The van der Waals surface area contributed by atoms with Gasteiger partial charge in [0.2, 0.25) is 11.9 Å². The lowest BCUT2D eigenvalue weighted by atomic mass is 10.2. The summed E-state index contributed by atoms with van der Waals surface area (Å²) in [6.07, 6.45) is 2.95. The summed E-state index contributed by atoms with van der Waals surface area (Å²) >= 11 is 0. The Balaban J connectivity index is 2.65. The standard InChI is InChI=1S/C8H12N4O/c1-5(2)7(13)12-6-3-10-8(9)11-4-6/h3-5H,1-2H3,(H,12,13)(H2,9,10,11). The van der Waals surface area contributed by atoms with E-state index in [0.29, 0.717) is 5.69 Å². The molecule has 3 N–H and O–H groups in total. The van der Waals surface area contributed by atoms with E-state index < -0.39 is 0 Å². The molecule has 1 amide bonds. The summed E-state index contributed by atoms with van der Waals surface area (Å²) in [6, 6.07) is 0. The second-order valence-electron chi connectivity index (χ2n) is 2.97. The van der Waals surface area contributed by atoms with Crippen molar-refractivity contribution < 1.29 is 4.79 Å². The highest BCUT2D eigenvalue weighted by Crippen LogP contribution is 2.05. The first-order valence-electron chi connectivity index (χ1n) is 3.98. The number of anilines is 2. The largest absolute Gasteiger partial charge is 0.368 e. The van der Waals surface area contributed by atoms with Gasteiger partial charge in [-0.15, -0.1) is 0 Å². The molecule has 0 radical (unpaired) electrons. The van der Waals surface area contributed by atoms with Gasteiger partial charge in [-0.2, -0.15) is 0 Å². The van der Waals surface area contributed by atoms with Crippen LogP contribution in [0.4, 0.5) is 11.6 Å². The van der Waals surface area contributed by atoms with Crippen molar-refractivity contribution in [2.24, 2.45) is 5.92 Å². The minimum Gasteiger partial charge on any atom is -0.368 e. The zero-order valence-electron chi connectivity index (χ0n) is 7.61. The van der Waals surface area contributed by atoms with Gasteiger partial charge in [0.15, 0.2) is 0 Å². The van der Waals surface area contributed by atoms with Crippen LogP contribution in [0.2, 0.25) is 0 Å². The molecule has 0 unspecified atom stereocenters. The molecule has 1 heterocycles. The summed E-state index contributed by atoms with van der Waals surface area (Å²) in [5.74, 6) is 0.0773. The Kier molecular flexibility index (Phi) is 2.79. The molecule has 5 heteroatoms. The number of carbonyl (C=O) groups excluding carboxylic acids is 1. The third-order valence-corrected chi connectivity index (χ3v) is 1.46. The molecule has 0 aliphatic heterocycles. The number of hydrogen-bond acceptors (Lipinski definition) is 4. The number of amides is 1. The highest BCUT2D eigenvalue weighted by Gasteiger charge is 2.06. The Hall–Kier alpha value is -1.65. The van der Waals surface area contributed by atoms with Crippen LogP contribution in [-0.2, 0) is 4.79 Å². The van der Waals surface area contributed by atoms with Crippen LogP contribution in [0.3, 0.4) is 0 Å². The quantitative estimate of drug-likeness (QED) is 0.700. The van der Waals surface area contributed by atoms with Crippen LogP contribution >= 0.6 is 0 Å². The lowest BCUT2D eigenvalue weighted by molar-refractivity contribution is -0.118. The molecule has 0 fully saturated rings. The van der Waals surface area contributed by atoms with Gasteiger partial charge in [-0.1, -0.05) is 13.8 Å². The molecule has 0 aliphatic carbocycles. The van der Waals surface area contributed by atoms with Crippen molar-refractivity contribution in [2.45, 2.75) is 13.8 Å². The number of carbonyl (C=O) groups is 1. The van der Waals surface area contributed by atoms with Crippen LogP contribution in [0.25, 0.3) is 0 Å². The lowest BCUT2D eigenvalue weighted by Gasteiger charge is -2.06. The van der Waals surface area contributed by atoms with Crippen molar-refractivity contribution in [3.05, 3.63) is 12.4 Å². The number of nitrogen functional groups attached to an aromatic ring is 1. The molecule has 1 aromatic rings. The first-order valence-corrected chi connectivity index (χ1v) is 3.98. The summed E-state index contributed by atoms with van der Waals surface area (Å²) in [4.78, 5) is 18.7. The molecular formula is C8H12N4O. The maximum atomic E-state index is 11.2. The summed E-state index contributed by atoms with van der Waals surface area (Å²) in [7, 11) is 0. The summed E-state index contributed by atoms with van der Waals surface area (Å²) in [5.41, 5.74) is 5.85. The zero-order valence-corrected chi connectivity index (χ0v) is 7.61. The fourth-order valence-corrected chi connectivity index (χ4v) is 0.689. The summed E-state index contributed by atoms with van der Waals surface area (Å²) < 4.78 is 0. The van der Waals surface area contributed by atoms with Gasteiger partial charge in [-0.3, -0.25) is 4.79 Å². The average Bonchev–Trinajstić information content (AvgIpc) is 2.08. The van der Waals surface area contributed by atoms with Gasteiger partial charge >= 0.3 is 0 Å². The highest BCUT2D eigenvalue weighted by atomic mass is 16.1. The van der Waals surface area contributed by atoms with Gasteiger partial charge in [0, 0.05) is 5.92 Å². The SMILES string of the molecule is CC(C)C(=O)Nc1cnc(N)nc1. The molecule has 0 bridgehead atoms. The van der Waals surface area contributed by atoms with E-state index in [1.807, 2.05) is 13.8 Å². The molecule has 0 aliphatic rings. The summed E-state index contributed by atoms with van der Waals surface area (Å²) in [6.45, 7) is 3.63. The van der Waals surface area contributed by atoms with E-state index in [9.17, 15) is 4.79 Å². The molecule has 13 heavy (non-hydrogen) atoms. The molecule has 70 valence electrons. The number of hydrogen-bond donors (Lipinski definition) is 2. The Morgan fingerprint density at radius 1 is 1.46 bits per heavy atom. The molecule has 1 rings (SSSR count). The molecule has 5 nitrogen and oxygen atoms in total. The van der Waals surface area contributed by atoms with E-state index in [-0.39, 0.29) is 17.8 Å². The van der Waals surface area contributed by atoms with Crippen LogP contribution in [0.5, 0.6) is 0 Å². The monoisotopic (exact) mass is 180 g/mol. The van der Waals surface area contributed by atoms with Gasteiger partial charge in [0.25, 0.3) is 0 Å². The molecule has 1 aromatic heterocycles. The number of rotatable bonds is 2. The first-order chi connectivity index (χ1) is 6.09. The predicted octanol–water partition coefficient (Wildman–Crippen LogP) is 0.653. The van der Waals surface area contributed by atoms with E-state index in [1.165, 1.54) is 12.4 Å². The van der Waals surface area contributed by atoms with Crippen molar-refractivity contribution in [1.29, 1.82) is 0 Å². The van der Waals surface area contributed by atoms with Crippen LogP contribution in [0.15, 0.2) is 12.4 Å². The van der Waals surface area contributed by atoms with Crippen LogP contribution < -0.4 is 11.1 Å². The van der Waals surface area contributed by atoms with Crippen molar-refractivity contribution in [2.75, 3.05) is 11.1 Å². The maximum absolute atomic E-state index is 11.2. The molecule has 0 saturated carbocycles. The van der Waals surface area contributed by atoms with Gasteiger partial charge in [0.05, 0.1) is 18.1 Å². The third kappa shape index (κ3) is 2.70. The van der Waals surface area contributed by atoms with E-state index in [4.69, 9.17) is 5.73 Å². The van der Waals surface area contributed by atoms with Gasteiger partial charge in [-0.05, 0) is 0 Å². The normalized spacial score (nSPS) is 10.1. The maximum Gasteiger partial charge on any atom is 0.227 e. The Morgan fingerprint density at radius 2 is 2.00 bits per heavy atom. The van der Waals surface area contributed by atoms with Crippen LogP contribution in [0.1, 0.15) is 13.8 Å². The Bertz CT molecular complexity index is 294. The molecule has 0 spiro atoms. The van der Waals surface area contributed by atoms with Crippen LogP contribution in [0, 0.1) is 5.92 Å². The number of aromatic nitrogens is 2. The van der Waals surface area contributed by atoms with Gasteiger partial charge < -0.3 is 11.1 Å². The second-order valence-corrected chi connectivity index (χ2v) is 2.97. The van der Waals surface area contributed by atoms with Crippen molar-refractivity contribution in [1.82, 2.24) is 9.97 Å². The van der Waals surface area contributed by atoms with Crippen molar-refractivity contribution in [3.8, 4) is 0 Å². The minimum atomic E-state index is -0.0617. The van der Waals surface area contributed by atoms with Gasteiger partial charge in [-0.25, -0.2) is 9.97 Å². The Morgan fingerprint density at radius 3 is 2.46 bits per heavy atom. The molecular weight excluding hydrogens is 168 g/mol. The van der Waals surface area contributed by atoms with Crippen LogP contribution in [-0.4, -0.2) is 15.9 Å². The molecule has 0 aromatic carbocycles. The second kappa shape index (κ2) is 3.84. The minimum absolute atomic E-state index is 0.0578. The van der Waals surface area contributed by atoms with Crippen molar-refractivity contribution in [3.63, 3.8) is 0 Å². The third-order valence-electron chi connectivity index (χ3n) is 1.46. The first kappa shape index (κ1) is 9.44. The van der Waals surface area contributed by atoms with E-state index >= 15 is 0 Å². The fraction of sp³-hybridized carbons (Fsp3) is 0.375. The van der Waals surface area contributed by atoms with E-state index in [1.54, 1.807) is 0 Å². The highest BCUT2D eigenvalue weighted by molar-refractivity contribution is 5.91. The van der Waals surface area contributed by atoms with E-state index in [2.05, 4.69) is 15.3 Å². The fourth-order valence-electron chi connectivity index (χ4n) is 0.689. The van der Waals surface area contributed by atoms with E-state index in [0.717, 1.165) is 0 Å². The smallest absolute Gasteiger partial charge is 0.227 e. The Labute approximate surface area is 76.4 Å². The molecule has 0 saturated heterocycles. The van der Waals surface area contributed by atoms with Crippen molar-refractivity contribution >= 4 is 17.5 Å².